The van der Waals surface area contributed by atoms with E-state index in [0.29, 0.717) is 6.04 Å². The Morgan fingerprint density at radius 1 is 1.04 bits per heavy atom. The minimum absolute atomic E-state index is 0. The quantitative estimate of drug-likeness (QED) is 0.799. The Kier molecular flexibility index (Phi) is 11.4. The fourth-order valence-electron chi connectivity index (χ4n) is 2.97. The molecule has 0 unspecified atom stereocenters. The SMILES string of the molecule is CCCC[C@H](c1cc(OC)cc(OC)c1)N1CCNCC1.Cl.Cl. The van der Waals surface area contributed by atoms with E-state index in [9.17, 15) is 0 Å². The van der Waals surface area contributed by atoms with Gasteiger partial charge in [-0.05, 0) is 24.1 Å². The van der Waals surface area contributed by atoms with Gasteiger partial charge in [-0.15, -0.1) is 24.8 Å². The molecule has 1 aliphatic heterocycles. The molecule has 1 aromatic carbocycles. The first kappa shape index (κ1) is 22.3. The van der Waals surface area contributed by atoms with Crippen LogP contribution in [0.25, 0.3) is 0 Å². The molecule has 0 aliphatic carbocycles. The van der Waals surface area contributed by atoms with Crippen LogP contribution in [0.4, 0.5) is 0 Å². The van der Waals surface area contributed by atoms with Gasteiger partial charge in [-0.1, -0.05) is 19.8 Å². The van der Waals surface area contributed by atoms with Crippen molar-refractivity contribution >= 4 is 24.8 Å². The molecule has 0 saturated carbocycles. The van der Waals surface area contributed by atoms with Crippen molar-refractivity contribution in [3.8, 4) is 11.5 Å². The van der Waals surface area contributed by atoms with Gasteiger partial charge in [-0.3, -0.25) is 4.90 Å². The second-order valence-electron chi connectivity index (χ2n) is 5.59. The average Bonchev–Trinajstić information content (AvgIpc) is 2.55. The minimum Gasteiger partial charge on any atom is -0.497 e. The minimum atomic E-state index is 0. The Morgan fingerprint density at radius 3 is 2.09 bits per heavy atom. The Balaban J connectivity index is 0.00000242. The number of unbranched alkanes of at least 4 members (excludes halogenated alkanes) is 1. The standard InChI is InChI=1S/C17H28N2O2.2ClH/c1-4-5-6-17(19-9-7-18-8-10-19)14-11-15(20-2)13-16(12-14)21-3;;/h11-13,17-18H,4-10H2,1-3H3;2*1H/t17-;;/m1../s1. The van der Waals surface area contributed by atoms with E-state index in [-0.39, 0.29) is 24.8 Å². The number of methoxy groups -OCH3 is 2. The van der Waals surface area contributed by atoms with Gasteiger partial charge in [0.25, 0.3) is 0 Å². The molecule has 1 aromatic rings. The van der Waals surface area contributed by atoms with Crippen LogP contribution in [0.5, 0.6) is 11.5 Å². The van der Waals surface area contributed by atoms with Gasteiger partial charge in [0, 0.05) is 38.3 Å². The summed E-state index contributed by atoms with van der Waals surface area (Å²) >= 11 is 0. The summed E-state index contributed by atoms with van der Waals surface area (Å²) in [5.74, 6) is 1.75. The van der Waals surface area contributed by atoms with Crippen LogP contribution in [0, 0.1) is 0 Å². The van der Waals surface area contributed by atoms with Gasteiger partial charge in [-0.25, -0.2) is 0 Å². The molecule has 2 rings (SSSR count). The molecule has 134 valence electrons. The van der Waals surface area contributed by atoms with E-state index in [2.05, 4.69) is 29.3 Å². The summed E-state index contributed by atoms with van der Waals surface area (Å²) in [5.41, 5.74) is 1.31. The second-order valence-corrected chi connectivity index (χ2v) is 5.59. The Morgan fingerprint density at radius 2 is 1.61 bits per heavy atom. The largest absolute Gasteiger partial charge is 0.497 e. The van der Waals surface area contributed by atoms with Crippen molar-refractivity contribution in [3.05, 3.63) is 23.8 Å². The fourth-order valence-corrected chi connectivity index (χ4v) is 2.97. The summed E-state index contributed by atoms with van der Waals surface area (Å²) in [5, 5.41) is 3.43. The predicted molar refractivity (Wildman–Crippen MR) is 101 cm³/mol. The maximum Gasteiger partial charge on any atom is 0.122 e. The number of nitrogens with zero attached hydrogens (tertiary/aromatic N) is 1. The Bertz CT molecular complexity index is 418. The van der Waals surface area contributed by atoms with E-state index in [4.69, 9.17) is 9.47 Å². The summed E-state index contributed by atoms with van der Waals surface area (Å²) in [6, 6.07) is 6.71. The summed E-state index contributed by atoms with van der Waals surface area (Å²) in [4.78, 5) is 2.58. The average molecular weight is 365 g/mol. The van der Waals surface area contributed by atoms with Gasteiger partial charge in [0.05, 0.1) is 14.2 Å². The predicted octanol–water partition coefficient (Wildman–Crippen LogP) is 3.68. The molecule has 6 heteroatoms. The van der Waals surface area contributed by atoms with E-state index in [1.165, 1.54) is 24.8 Å². The number of ether oxygens (including phenoxy) is 2. The molecular weight excluding hydrogens is 335 g/mol. The van der Waals surface area contributed by atoms with Crippen molar-refractivity contribution in [1.29, 1.82) is 0 Å². The number of nitrogens with one attached hydrogen (secondary N) is 1. The summed E-state index contributed by atoms with van der Waals surface area (Å²) in [7, 11) is 3.43. The lowest BCUT2D eigenvalue weighted by atomic mass is 9.98. The first-order valence-electron chi connectivity index (χ1n) is 7.96. The molecule has 0 spiro atoms. The fraction of sp³-hybridized carbons (Fsp3) is 0.647. The molecule has 1 saturated heterocycles. The van der Waals surface area contributed by atoms with Crippen LogP contribution in [0.2, 0.25) is 0 Å². The van der Waals surface area contributed by atoms with E-state index < -0.39 is 0 Å². The third-order valence-corrected chi connectivity index (χ3v) is 4.18. The van der Waals surface area contributed by atoms with E-state index in [1.54, 1.807) is 14.2 Å². The molecule has 1 heterocycles. The smallest absolute Gasteiger partial charge is 0.122 e. The first-order valence-corrected chi connectivity index (χ1v) is 7.96. The van der Waals surface area contributed by atoms with Gasteiger partial charge in [-0.2, -0.15) is 0 Å². The molecule has 1 aliphatic rings. The van der Waals surface area contributed by atoms with Crippen molar-refractivity contribution in [2.75, 3.05) is 40.4 Å². The lowest BCUT2D eigenvalue weighted by molar-refractivity contribution is 0.162. The maximum absolute atomic E-state index is 5.43. The lowest BCUT2D eigenvalue weighted by Gasteiger charge is -2.35. The van der Waals surface area contributed by atoms with Gasteiger partial charge < -0.3 is 14.8 Å². The lowest BCUT2D eigenvalue weighted by Crippen LogP contribution is -2.45. The van der Waals surface area contributed by atoms with Crippen LogP contribution in [-0.4, -0.2) is 45.3 Å². The number of rotatable bonds is 7. The summed E-state index contributed by atoms with van der Waals surface area (Å²) in [6.45, 7) is 6.61. The van der Waals surface area contributed by atoms with E-state index in [0.717, 1.165) is 37.7 Å². The molecule has 23 heavy (non-hydrogen) atoms. The Labute approximate surface area is 152 Å². The first-order chi connectivity index (χ1) is 10.3. The van der Waals surface area contributed by atoms with Crippen LogP contribution in [0.15, 0.2) is 18.2 Å². The third kappa shape index (κ3) is 6.38. The van der Waals surface area contributed by atoms with E-state index >= 15 is 0 Å². The number of piperazine rings is 1. The number of benzene rings is 1. The van der Waals surface area contributed by atoms with Crippen LogP contribution < -0.4 is 14.8 Å². The topological polar surface area (TPSA) is 33.7 Å². The molecule has 1 fully saturated rings. The number of hydrogen-bond acceptors (Lipinski definition) is 4. The maximum atomic E-state index is 5.43. The monoisotopic (exact) mass is 364 g/mol. The van der Waals surface area contributed by atoms with Gasteiger partial charge in [0.2, 0.25) is 0 Å². The van der Waals surface area contributed by atoms with Crippen molar-refractivity contribution < 1.29 is 9.47 Å². The third-order valence-electron chi connectivity index (χ3n) is 4.18. The zero-order valence-corrected chi connectivity index (χ0v) is 16.0. The highest BCUT2D eigenvalue weighted by molar-refractivity contribution is 5.85. The van der Waals surface area contributed by atoms with Gasteiger partial charge in [0.15, 0.2) is 0 Å². The van der Waals surface area contributed by atoms with Crippen LogP contribution >= 0.6 is 24.8 Å². The van der Waals surface area contributed by atoms with E-state index in [1.807, 2.05) is 6.07 Å². The highest BCUT2D eigenvalue weighted by atomic mass is 35.5. The van der Waals surface area contributed by atoms with Crippen LogP contribution in [0.3, 0.4) is 0 Å². The zero-order valence-electron chi connectivity index (χ0n) is 14.3. The molecule has 0 amide bonds. The summed E-state index contributed by atoms with van der Waals surface area (Å²) < 4.78 is 10.9. The van der Waals surface area contributed by atoms with Crippen LogP contribution in [-0.2, 0) is 0 Å². The Hall–Kier alpha value is -0.680. The van der Waals surface area contributed by atoms with Crippen molar-refractivity contribution in [2.24, 2.45) is 0 Å². The van der Waals surface area contributed by atoms with Crippen molar-refractivity contribution in [3.63, 3.8) is 0 Å². The van der Waals surface area contributed by atoms with Crippen molar-refractivity contribution in [1.82, 2.24) is 10.2 Å². The molecular formula is C17H30Cl2N2O2. The molecule has 1 atom stereocenters. The normalized spacial score (nSPS) is 16.0. The van der Waals surface area contributed by atoms with Gasteiger partial charge in [0.1, 0.15) is 11.5 Å². The molecule has 0 bridgehead atoms. The highest BCUT2D eigenvalue weighted by Crippen LogP contribution is 2.32. The van der Waals surface area contributed by atoms with Crippen LogP contribution in [0.1, 0.15) is 37.8 Å². The van der Waals surface area contributed by atoms with Gasteiger partial charge >= 0.3 is 0 Å². The van der Waals surface area contributed by atoms with Crippen molar-refractivity contribution in [2.45, 2.75) is 32.2 Å². The molecule has 1 N–H and O–H groups in total. The second kappa shape index (κ2) is 11.8. The number of hydrogen-bond donors (Lipinski definition) is 1. The molecule has 0 radical (unpaired) electrons. The number of halogens is 2. The molecule has 4 nitrogen and oxygen atoms in total. The highest BCUT2D eigenvalue weighted by Gasteiger charge is 2.22. The molecule has 0 aromatic heterocycles. The summed E-state index contributed by atoms with van der Waals surface area (Å²) in [6.07, 6.45) is 3.66. The zero-order chi connectivity index (χ0) is 15.1.